The van der Waals surface area contributed by atoms with Crippen LogP contribution in [0.25, 0.3) is 0 Å². The molecular formula is C20H44Cl3CrN4. The van der Waals surface area contributed by atoms with Crippen molar-refractivity contribution in [2.24, 2.45) is 0 Å². The van der Waals surface area contributed by atoms with Crippen LogP contribution in [-0.4, -0.2) is 68.4 Å². The van der Waals surface area contributed by atoms with E-state index in [1.807, 2.05) is 0 Å². The summed E-state index contributed by atoms with van der Waals surface area (Å²) in [6, 6.07) is 0. The third-order valence-corrected chi connectivity index (χ3v) is 4.98. The van der Waals surface area contributed by atoms with Crippen LogP contribution in [0.1, 0.15) is 77.6 Å². The van der Waals surface area contributed by atoms with Crippen LogP contribution in [-0.2, 0) is 11.4 Å². The van der Waals surface area contributed by atoms with E-state index in [0.717, 1.165) is 20.0 Å². The zero-order valence-corrected chi connectivity index (χ0v) is 21.9. The molecule has 0 spiro atoms. The number of halogens is 3. The number of nitrogens with zero attached hydrogens (tertiary/aromatic N) is 3. The van der Waals surface area contributed by atoms with E-state index < -0.39 is 11.4 Å². The molecule has 0 aliphatic carbocycles. The summed E-state index contributed by atoms with van der Waals surface area (Å²) in [6.07, 6.45) is 15.5. The molecule has 0 aromatic rings. The molecule has 0 atom stereocenters. The Balaban J connectivity index is 0.00000165. The summed E-state index contributed by atoms with van der Waals surface area (Å²) in [5.74, 6) is 0. The van der Waals surface area contributed by atoms with Crippen LogP contribution in [0.4, 0.5) is 0 Å². The molecule has 28 heavy (non-hydrogen) atoms. The van der Waals surface area contributed by atoms with Gasteiger partial charge in [0.2, 0.25) is 0 Å². The molecule has 1 aliphatic rings. The average molecular weight is 499 g/mol. The first-order valence-electron chi connectivity index (χ1n) is 11.0. The number of unbranched alkanes of at least 4 members (excludes halogenated alkanes) is 9. The van der Waals surface area contributed by atoms with Gasteiger partial charge in [-0.05, 0) is 33.5 Å². The molecule has 0 amide bonds. The van der Waals surface area contributed by atoms with E-state index in [0.29, 0.717) is 0 Å². The maximum absolute atomic E-state index is 4.93. The molecule has 1 aliphatic heterocycles. The van der Waals surface area contributed by atoms with Gasteiger partial charge in [-0.15, -0.1) is 0 Å². The second kappa shape index (κ2) is 21.5. The molecule has 1 fully saturated rings. The summed E-state index contributed by atoms with van der Waals surface area (Å²) in [5.41, 5.74) is 0. The van der Waals surface area contributed by atoms with Crippen molar-refractivity contribution >= 4 is 30.1 Å². The standard InChI is InChI=1S/C20H44N4.3ClH.Cr/c1-4-5-6-7-8-9-10-11-12-13-16-23-18-21-19-24(20-23)17-14-15-22(2)3;;;;/h21H,4-20H2,1-3H3;3*1H;/q;;;;+3/p-3. The molecule has 1 saturated heterocycles. The second-order valence-corrected chi connectivity index (χ2v) is 14.3. The van der Waals surface area contributed by atoms with Crippen molar-refractivity contribution in [2.45, 2.75) is 77.6 Å². The van der Waals surface area contributed by atoms with E-state index in [9.17, 15) is 0 Å². The van der Waals surface area contributed by atoms with E-state index in [-0.39, 0.29) is 0 Å². The van der Waals surface area contributed by atoms with Gasteiger partial charge in [0.1, 0.15) is 0 Å². The second-order valence-electron chi connectivity index (χ2n) is 8.01. The first-order chi connectivity index (χ1) is 13.5. The Hall–Kier alpha value is 1.24. The summed E-state index contributed by atoms with van der Waals surface area (Å²) in [6.45, 7) is 9.23. The summed E-state index contributed by atoms with van der Waals surface area (Å²) < 4.78 is 0. The van der Waals surface area contributed by atoms with Gasteiger partial charge in [0, 0.05) is 13.1 Å². The first-order valence-corrected chi connectivity index (χ1v) is 16.2. The molecule has 0 aromatic carbocycles. The first kappa shape index (κ1) is 29.2. The molecule has 0 unspecified atom stereocenters. The Bertz CT molecular complexity index is 323. The summed E-state index contributed by atoms with van der Waals surface area (Å²) in [4.78, 5) is 7.40. The Morgan fingerprint density at radius 2 is 1.18 bits per heavy atom. The monoisotopic (exact) mass is 497 g/mol. The molecule has 1 N–H and O–H groups in total. The van der Waals surface area contributed by atoms with Crippen LogP contribution in [0.2, 0.25) is 0 Å². The Morgan fingerprint density at radius 3 is 1.64 bits per heavy atom. The Kier molecular flexibility index (Phi) is 22.4. The Labute approximate surface area is 192 Å². The van der Waals surface area contributed by atoms with Gasteiger partial charge >= 0.3 is 41.5 Å². The zero-order chi connectivity index (χ0) is 21.0. The minimum absolute atomic E-state index is 1.06. The third-order valence-electron chi connectivity index (χ3n) is 4.98. The predicted octanol–water partition coefficient (Wildman–Crippen LogP) is 6.00. The number of hydrogen-bond acceptors (Lipinski definition) is 4. The average Bonchev–Trinajstić information content (AvgIpc) is 2.63. The molecule has 0 radical (unpaired) electrons. The van der Waals surface area contributed by atoms with Crippen LogP contribution in [0.5, 0.6) is 0 Å². The zero-order valence-electron chi connectivity index (χ0n) is 18.4. The van der Waals surface area contributed by atoms with Gasteiger partial charge < -0.3 is 4.90 Å². The fourth-order valence-corrected chi connectivity index (χ4v) is 3.48. The molecular weight excluding hydrogens is 455 g/mol. The fraction of sp³-hybridized carbons (Fsp3) is 1.00. The van der Waals surface area contributed by atoms with Crippen molar-refractivity contribution in [3.8, 4) is 0 Å². The van der Waals surface area contributed by atoms with Crippen LogP contribution in [0.15, 0.2) is 0 Å². The van der Waals surface area contributed by atoms with E-state index in [1.165, 1.54) is 90.3 Å². The van der Waals surface area contributed by atoms with Gasteiger partial charge in [-0.3, -0.25) is 15.1 Å². The van der Waals surface area contributed by atoms with Crippen molar-refractivity contribution in [2.75, 3.05) is 53.7 Å². The molecule has 4 nitrogen and oxygen atoms in total. The van der Waals surface area contributed by atoms with Crippen molar-refractivity contribution in [3.63, 3.8) is 0 Å². The van der Waals surface area contributed by atoms with E-state index in [4.69, 9.17) is 30.1 Å². The van der Waals surface area contributed by atoms with Gasteiger partial charge in [0.15, 0.2) is 0 Å². The molecule has 171 valence electrons. The van der Waals surface area contributed by atoms with Gasteiger partial charge in [0.05, 0.1) is 20.0 Å². The molecule has 0 saturated carbocycles. The number of nitrogens with one attached hydrogen (secondary N) is 1. The summed E-state index contributed by atoms with van der Waals surface area (Å²) in [7, 11) is 19.1. The summed E-state index contributed by atoms with van der Waals surface area (Å²) >= 11 is -1.62. The molecule has 0 bridgehead atoms. The van der Waals surface area contributed by atoms with E-state index in [1.54, 1.807) is 0 Å². The molecule has 1 heterocycles. The minimum atomic E-state index is -1.62. The third kappa shape index (κ3) is 21.9. The van der Waals surface area contributed by atoms with E-state index >= 15 is 0 Å². The van der Waals surface area contributed by atoms with Crippen LogP contribution < -0.4 is 5.32 Å². The van der Waals surface area contributed by atoms with E-state index in [2.05, 4.69) is 41.0 Å². The number of rotatable bonds is 15. The summed E-state index contributed by atoms with van der Waals surface area (Å²) in [5, 5.41) is 3.55. The van der Waals surface area contributed by atoms with Crippen molar-refractivity contribution < 1.29 is 11.4 Å². The topological polar surface area (TPSA) is 21.8 Å². The molecule has 0 aromatic heterocycles. The van der Waals surface area contributed by atoms with Gasteiger partial charge in [-0.25, -0.2) is 0 Å². The SMILES string of the molecule is CCCCCCCCCCCCN1CNCN(CCCN(C)C)C1.[Cl][Cr]([Cl])[Cl]. The van der Waals surface area contributed by atoms with Gasteiger partial charge in [0.25, 0.3) is 0 Å². The predicted molar refractivity (Wildman–Crippen MR) is 124 cm³/mol. The van der Waals surface area contributed by atoms with Crippen LogP contribution in [0.3, 0.4) is 0 Å². The van der Waals surface area contributed by atoms with Gasteiger partial charge in [-0.2, -0.15) is 0 Å². The van der Waals surface area contributed by atoms with Crippen LogP contribution in [0, 0.1) is 0 Å². The normalized spacial score (nSPS) is 15.9. The molecule has 8 heteroatoms. The Morgan fingerprint density at radius 1 is 0.750 bits per heavy atom. The van der Waals surface area contributed by atoms with Gasteiger partial charge in [-0.1, -0.05) is 64.7 Å². The maximum atomic E-state index is 4.93. The van der Waals surface area contributed by atoms with Crippen molar-refractivity contribution in [1.29, 1.82) is 0 Å². The quantitative estimate of drug-likeness (QED) is 0.279. The fourth-order valence-electron chi connectivity index (χ4n) is 3.48. The van der Waals surface area contributed by atoms with Crippen molar-refractivity contribution in [3.05, 3.63) is 0 Å². The van der Waals surface area contributed by atoms with Crippen LogP contribution >= 0.6 is 30.1 Å². The number of hydrogen-bond donors (Lipinski definition) is 1. The molecule has 1 rings (SSSR count). The van der Waals surface area contributed by atoms with Crippen molar-refractivity contribution in [1.82, 2.24) is 20.0 Å².